The van der Waals surface area contributed by atoms with Gasteiger partial charge >= 0.3 is 0 Å². The van der Waals surface area contributed by atoms with Gasteiger partial charge in [0.15, 0.2) is 0 Å². The van der Waals surface area contributed by atoms with Gasteiger partial charge in [0.2, 0.25) is 0 Å². The number of aromatic nitrogens is 2. The fraction of sp³-hybridized carbons (Fsp3) is 0.727. The van der Waals surface area contributed by atoms with Crippen LogP contribution in [0.4, 0.5) is 0 Å². The minimum absolute atomic E-state index is 0.0387. The SMILES string of the molecule is CCc1nnsc1C(=O)NC(C)C1CCCO1. The monoisotopic (exact) mass is 255 g/mol. The highest BCUT2D eigenvalue weighted by atomic mass is 32.1. The second-order valence-electron chi connectivity index (χ2n) is 4.22. The van der Waals surface area contributed by atoms with Gasteiger partial charge in [0.05, 0.1) is 17.8 Å². The molecule has 1 aromatic heterocycles. The van der Waals surface area contributed by atoms with E-state index in [0.717, 1.165) is 43.1 Å². The summed E-state index contributed by atoms with van der Waals surface area (Å²) in [5.41, 5.74) is 0.770. The Balaban J connectivity index is 1.96. The molecule has 0 aliphatic carbocycles. The van der Waals surface area contributed by atoms with E-state index in [1.807, 2.05) is 13.8 Å². The minimum Gasteiger partial charge on any atom is -0.376 e. The average Bonchev–Trinajstić information content (AvgIpc) is 2.99. The van der Waals surface area contributed by atoms with Gasteiger partial charge in [-0.1, -0.05) is 11.4 Å². The van der Waals surface area contributed by atoms with Gasteiger partial charge in [-0.25, -0.2) is 0 Å². The average molecular weight is 255 g/mol. The van der Waals surface area contributed by atoms with Gasteiger partial charge in [0.25, 0.3) is 5.91 Å². The third kappa shape index (κ3) is 2.81. The van der Waals surface area contributed by atoms with Crippen molar-refractivity contribution in [2.24, 2.45) is 0 Å². The molecule has 0 radical (unpaired) electrons. The molecule has 1 N–H and O–H groups in total. The van der Waals surface area contributed by atoms with E-state index in [1.165, 1.54) is 0 Å². The van der Waals surface area contributed by atoms with Crippen molar-refractivity contribution in [1.29, 1.82) is 0 Å². The van der Waals surface area contributed by atoms with Crippen molar-refractivity contribution in [3.63, 3.8) is 0 Å². The number of hydrogen-bond donors (Lipinski definition) is 1. The number of ether oxygens (including phenoxy) is 1. The molecule has 1 aliphatic heterocycles. The lowest BCUT2D eigenvalue weighted by Gasteiger charge is -2.19. The summed E-state index contributed by atoms with van der Waals surface area (Å²) in [5.74, 6) is -0.0835. The molecule has 1 aliphatic rings. The Kier molecular flexibility index (Phi) is 4.06. The van der Waals surface area contributed by atoms with Crippen molar-refractivity contribution in [2.45, 2.75) is 45.3 Å². The number of hydrogen-bond acceptors (Lipinski definition) is 5. The number of amides is 1. The van der Waals surface area contributed by atoms with Crippen LogP contribution in [0, 0.1) is 0 Å². The maximum absolute atomic E-state index is 12.0. The zero-order chi connectivity index (χ0) is 12.3. The first-order valence-corrected chi connectivity index (χ1v) is 6.73. The highest BCUT2D eigenvalue weighted by Crippen LogP contribution is 2.17. The fourth-order valence-corrected chi connectivity index (χ4v) is 2.63. The highest BCUT2D eigenvalue weighted by molar-refractivity contribution is 7.08. The van der Waals surface area contributed by atoms with Crippen molar-refractivity contribution in [1.82, 2.24) is 14.9 Å². The number of carbonyl (C=O) groups excluding carboxylic acids is 1. The minimum atomic E-state index is -0.0835. The van der Waals surface area contributed by atoms with Gasteiger partial charge in [0.1, 0.15) is 4.88 Å². The Morgan fingerprint density at radius 1 is 1.71 bits per heavy atom. The number of aryl methyl sites for hydroxylation is 1. The van der Waals surface area contributed by atoms with Crippen LogP contribution in [-0.4, -0.2) is 34.2 Å². The summed E-state index contributed by atoms with van der Waals surface area (Å²) in [6.07, 6.45) is 2.97. The Labute approximate surface area is 105 Å². The third-order valence-electron chi connectivity index (χ3n) is 2.98. The van der Waals surface area contributed by atoms with Gasteiger partial charge in [-0.15, -0.1) is 5.10 Å². The smallest absolute Gasteiger partial charge is 0.265 e. The summed E-state index contributed by atoms with van der Waals surface area (Å²) in [4.78, 5) is 12.6. The second kappa shape index (κ2) is 5.55. The molecule has 1 saturated heterocycles. The molecule has 2 heterocycles. The molecule has 1 amide bonds. The van der Waals surface area contributed by atoms with Crippen LogP contribution in [0.5, 0.6) is 0 Å². The number of nitrogens with one attached hydrogen (secondary N) is 1. The molecule has 6 heteroatoms. The van der Waals surface area contributed by atoms with Gasteiger partial charge in [-0.2, -0.15) is 0 Å². The molecule has 0 aromatic carbocycles. The van der Waals surface area contributed by atoms with E-state index in [9.17, 15) is 4.79 Å². The molecule has 0 spiro atoms. The number of rotatable bonds is 4. The summed E-state index contributed by atoms with van der Waals surface area (Å²) < 4.78 is 9.37. The van der Waals surface area contributed by atoms with Gasteiger partial charge in [0, 0.05) is 6.61 Å². The van der Waals surface area contributed by atoms with E-state index in [-0.39, 0.29) is 18.1 Å². The van der Waals surface area contributed by atoms with Gasteiger partial charge < -0.3 is 10.1 Å². The highest BCUT2D eigenvalue weighted by Gasteiger charge is 2.25. The predicted molar refractivity (Wildman–Crippen MR) is 65.2 cm³/mol. The van der Waals surface area contributed by atoms with Crippen molar-refractivity contribution < 1.29 is 9.53 Å². The lowest BCUT2D eigenvalue weighted by atomic mass is 10.1. The van der Waals surface area contributed by atoms with Gasteiger partial charge in [-0.05, 0) is 37.7 Å². The molecule has 1 fully saturated rings. The normalized spacial score (nSPS) is 21.4. The Morgan fingerprint density at radius 2 is 2.53 bits per heavy atom. The summed E-state index contributed by atoms with van der Waals surface area (Å²) in [5, 5.41) is 6.90. The van der Waals surface area contributed by atoms with Crippen LogP contribution in [0.1, 0.15) is 42.1 Å². The van der Waals surface area contributed by atoms with E-state index in [0.29, 0.717) is 4.88 Å². The van der Waals surface area contributed by atoms with E-state index < -0.39 is 0 Å². The van der Waals surface area contributed by atoms with E-state index >= 15 is 0 Å². The summed E-state index contributed by atoms with van der Waals surface area (Å²) in [6, 6.07) is 0.0387. The van der Waals surface area contributed by atoms with Crippen LogP contribution in [-0.2, 0) is 11.2 Å². The lowest BCUT2D eigenvalue weighted by Crippen LogP contribution is -2.40. The summed E-state index contributed by atoms with van der Waals surface area (Å²) in [6.45, 7) is 4.75. The second-order valence-corrected chi connectivity index (χ2v) is 4.97. The number of carbonyl (C=O) groups is 1. The molecule has 2 rings (SSSR count). The lowest BCUT2D eigenvalue weighted by molar-refractivity contribution is 0.0714. The standard InChI is InChI=1S/C11H17N3O2S/c1-3-8-10(17-14-13-8)11(15)12-7(2)9-5-4-6-16-9/h7,9H,3-6H2,1-2H3,(H,12,15). The zero-order valence-corrected chi connectivity index (χ0v) is 10.9. The van der Waals surface area contributed by atoms with Crippen LogP contribution in [0.3, 0.4) is 0 Å². The molecule has 5 nitrogen and oxygen atoms in total. The molecule has 2 atom stereocenters. The molecule has 0 bridgehead atoms. The van der Waals surface area contributed by atoms with Crippen molar-refractivity contribution in [3.05, 3.63) is 10.6 Å². The van der Waals surface area contributed by atoms with Crippen LogP contribution in [0.25, 0.3) is 0 Å². The Bertz CT molecular complexity index is 388. The summed E-state index contributed by atoms with van der Waals surface area (Å²) >= 11 is 1.15. The number of nitrogens with zero attached hydrogens (tertiary/aromatic N) is 2. The van der Waals surface area contributed by atoms with Crippen molar-refractivity contribution >= 4 is 17.4 Å². The van der Waals surface area contributed by atoms with E-state index in [2.05, 4.69) is 14.9 Å². The molecule has 2 unspecified atom stereocenters. The molecular formula is C11H17N3O2S. The maximum atomic E-state index is 12.0. The van der Waals surface area contributed by atoms with Crippen LogP contribution in [0.15, 0.2) is 0 Å². The molecule has 1 aromatic rings. The Morgan fingerprint density at radius 3 is 3.18 bits per heavy atom. The molecular weight excluding hydrogens is 238 g/mol. The van der Waals surface area contributed by atoms with Crippen molar-refractivity contribution in [3.8, 4) is 0 Å². The van der Waals surface area contributed by atoms with E-state index in [1.54, 1.807) is 0 Å². The first kappa shape index (κ1) is 12.4. The van der Waals surface area contributed by atoms with Gasteiger partial charge in [-0.3, -0.25) is 4.79 Å². The largest absolute Gasteiger partial charge is 0.376 e. The Hall–Kier alpha value is -1.01. The van der Waals surface area contributed by atoms with Crippen LogP contribution < -0.4 is 5.32 Å². The first-order chi connectivity index (χ1) is 8.22. The molecule has 94 valence electrons. The zero-order valence-electron chi connectivity index (χ0n) is 10.1. The van der Waals surface area contributed by atoms with Crippen molar-refractivity contribution in [2.75, 3.05) is 6.61 Å². The summed E-state index contributed by atoms with van der Waals surface area (Å²) in [7, 11) is 0. The first-order valence-electron chi connectivity index (χ1n) is 5.96. The molecule has 17 heavy (non-hydrogen) atoms. The fourth-order valence-electron chi connectivity index (χ4n) is 1.97. The third-order valence-corrected chi connectivity index (χ3v) is 3.75. The van der Waals surface area contributed by atoms with E-state index in [4.69, 9.17) is 4.74 Å². The van der Waals surface area contributed by atoms with Crippen LogP contribution in [0.2, 0.25) is 0 Å². The van der Waals surface area contributed by atoms with Crippen LogP contribution >= 0.6 is 11.5 Å². The maximum Gasteiger partial charge on any atom is 0.265 e. The predicted octanol–water partition coefficient (Wildman–Crippen LogP) is 1.40. The molecule has 0 saturated carbocycles. The quantitative estimate of drug-likeness (QED) is 0.883. The topological polar surface area (TPSA) is 64.1 Å².